The first kappa shape index (κ1) is 29.3. The van der Waals surface area contributed by atoms with Crippen molar-refractivity contribution in [1.29, 1.82) is 0 Å². The molecule has 192 valence electrons. The zero-order valence-electron chi connectivity index (χ0n) is 21.1. The van der Waals surface area contributed by atoms with Crippen molar-refractivity contribution < 1.29 is 27.9 Å². The first-order chi connectivity index (χ1) is 16.1. The van der Waals surface area contributed by atoms with Crippen LogP contribution in [0.1, 0.15) is 34.6 Å². The molecule has 2 heterocycles. The Kier molecular flexibility index (Phi) is 11.1. The van der Waals surface area contributed by atoms with E-state index >= 15 is 0 Å². The van der Waals surface area contributed by atoms with E-state index < -0.39 is 14.3 Å². The molecule has 1 fully saturated rings. The van der Waals surface area contributed by atoms with E-state index in [4.69, 9.17) is 13.5 Å². The lowest BCUT2D eigenvalue weighted by Crippen LogP contribution is -2.65. The van der Waals surface area contributed by atoms with Crippen LogP contribution in [0.4, 0.5) is 0 Å². The van der Waals surface area contributed by atoms with Crippen LogP contribution >= 0.6 is 21.2 Å². The molecule has 14 heteroatoms. The Labute approximate surface area is 210 Å². The molecule has 1 unspecified atom stereocenters. The predicted octanol–water partition coefficient (Wildman–Crippen LogP) is 1.49. The normalized spacial score (nSPS) is 23.5. The van der Waals surface area contributed by atoms with Crippen molar-refractivity contribution in [2.75, 3.05) is 20.1 Å². The molecular formula is C20H38BN4O6PSSi. The van der Waals surface area contributed by atoms with Gasteiger partial charge in [0.05, 0.1) is 24.6 Å². The fourth-order valence-electron chi connectivity index (χ4n) is 5.12. The van der Waals surface area contributed by atoms with Crippen LogP contribution in [-0.2, 0) is 23.3 Å². The van der Waals surface area contributed by atoms with Gasteiger partial charge in [-0.2, -0.15) is 0 Å². The van der Waals surface area contributed by atoms with Crippen molar-refractivity contribution >= 4 is 55.3 Å². The summed E-state index contributed by atoms with van der Waals surface area (Å²) in [6.07, 6.45) is -0.233. The maximum Gasteiger partial charge on any atom is 0.358 e. The Hall–Kier alpha value is -0.948. The largest absolute Gasteiger partial charge is 0.428 e. The van der Waals surface area contributed by atoms with Crippen LogP contribution in [0.5, 0.6) is 0 Å². The molecule has 10 nitrogen and oxygen atoms in total. The molecule has 0 aromatic heterocycles. The topological polar surface area (TPSA) is 120 Å². The van der Waals surface area contributed by atoms with Crippen LogP contribution in [-0.4, -0.2) is 80.7 Å². The van der Waals surface area contributed by atoms with Gasteiger partial charge < -0.3 is 23.4 Å². The highest BCUT2D eigenvalue weighted by molar-refractivity contribution is 7.92. The minimum Gasteiger partial charge on any atom is -0.428 e. The molecule has 2 aliphatic heterocycles. The number of hydrogen-bond acceptors (Lipinski definition) is 9. The van der Waals surface area contributed by atoms with E-state index in [0.29, 0.717) is 6.54 Å². The standard InChI is InChI=1S/C20H38BN4O6PSSi/c1-7-34(8-2,9-3)31-13(5)16-17-12(4)14(10-24(6)11-15(26)22-33-29)18(25(17)19(16)27)20(28)30-32-23-21/h12-13,16-17,23,29,32H,7-11,21H2,1-6H3,(H,22,26)/t12-,13+,16+,17+/m0/s1. The van der Waals surface area contributed by atoms with E-state index in [1.807, 2.05) is 13.8 Å². The molecule has 2 amide bonds. The average Bonchev–Trinajstić information content (AvgIpc) is 3.04. The molecule has 0 saturated carbocycles. The SMILES string of the molecule is BNPOC(=O)C1=C(CN(C)CC(=O)NSO)[C@H](C)[C@@H]2[C@@H]([C@@H](C)O[Si](CC)(CC)CC)C(=O)N12. The summed E-state index contributed by atoms with van der Waals surface area (Å²) in [5.74, 6) is -1.42. The van der Waals surface area contributed by atoms with E-state index in [1.165, 1.54) is 0 Å². The molecule has 3 N–H and O–H groups in total. The Balaban J connectivity index is 2.29. The molecule has 0 spiro atoms. The zero-order chi connectivity index (χ0) is 25.6. The lowest BCUT2D eigenvalue weighted by molar-refractivity contribution is -0.161. The van der Waals surface area contributed by atoms with Crippen LogP contribution in [0.3, 0.4) is 0 Å². The van der Waals surface area contributed by atoms with Gasteiger partial charge in [-0.1, -0.05) is 27.7 Å². The fraction of sp³-hybridized carbons (Fsp3) is 0.750. The Morgan fingerprint density at radius 2 is 1.94 bits per heavy atom. The van der Waals surface area contributed by atoms with Crippen LogP contribution < -0.4 is 9.72 Å². The van der Waals surface area contributed by atoms with Crippen molar-refractivity contribution in [3.05, 3.63) is 11.3 Å². The number of likely N-dealkylation sites (N-methyl/N-ethyl adjacent to an activating group) is 1. The lowest BCUT2D eigenvalue weighted by atomic mass is 9.77. The minimum atomic E-state index is -1.91. The van der Waals surface area contributed by atoms with Crippen LogP contribution in [0.2, 0.25) is 18.1 Å². The van der Waals surface area contributed by atoms with E-state index in [2.05, 4.69) is 30.5 Å². The number of carbonyl (C=O) groups is 3. The summed E-state index contributed by atoms with van der Waals surface area (Å²) in [6, 6.07) is 2.83. The quantitative estimate of drug-likeness (QED) is 0.100. The second-order valence-corrected chi connectivity index (χ2v) is 15.0. The highest BCUT2D eigenvalue weighted by Gasteiger charge is 2.60. The maximum atomic E-state index is 13.4. The average molecular weight is 532 g/mol. The summed E-state index contributed by atoms with van der Waals surface area (Å²) in [5.41, 5.74) is 1.05. The predicted molar refractivity (Wildman–Crippen MR) is 140 cm³/mol. The highest BCUT2D eigenvalue weighted by atomic mass is 32.2. The summed E-state index contributed by atoms with van der Waals surface area (Å²) < 4.78 is 23.1. The van der Waals surface area contributed by atoms with Gasteiger partial charge in [0.2, 0.25) is 11.8 Å². The second-order valence-electron chi connectivity index (χ2n) is 8.98. The second kappa shape index (κ2) is 12.8. The molecule has 0 aromatic carbocycles. The van der Waals surface area contributed by atoms with Gasteiger partial charge in [0.15, 0.2) is 16.3 Å². The molecule has 0 aliphatic carbocycles. The van der Waals surface area contributed by atoms with Gasteiger partial charge in [0.1, 0.15) is 26.9 Å². The summed E-state index contributed by atoms with van der Waals surface area (Å²) >= 11 is 0.252. The third-order valence-electron chi connectivity index (χ3n) is 7.12. The van der Waals surface area contributed by atoms with Gasteiger partial charge in [0, 0.05) is 12.5 Å². The van der Waals surface area contributed by atoms with Crippen molar-refractivity contribution in [3.8, 4) is 0 Å². The van der Waals surface area contributed by atoms with Crippen molar-refractivity contribution in [1.82, 2.24) is 19.5 Å². The summed E-state index contributed by atoms with van der Waals surface area (Å²) in [4.78, 5) is 44.4. The first-order valence-corrected chi connectivity index (χ1v) is 16.0. The number of β-lactam (4-membered cyclic amide) rings is 1. The number of nitrogens with zero attached hydrogens (tertiary/aromatic N) is 2. The van der Waals surface area contributed by atoms with E-state index in [9.17, 15) is 14.4 Å². The van der Waals surface area contributed by atoms with Gasteiger partial charge in [0.25, 0.3) is 0 Å². The van der Waals surface area contributed by atoms with Crippen molar-refractivity contribution in [2.24, 2.45) is 11.8 Å². The molecule has 2 aliphatic rings. The van der Waals surface area contributed by atoms with Gasteiger partial charge in [-0.05, 0) is 37.7 Å². The van der Waals surface area contributed by atoms with Crippen LogP contribution in [0, 0.1) is 11.8 Å². The number of carbonyl (C=O) groups excluding carboxylic acids is 3. The number of fused-ring (bicyclic) bond motifs is 1. The van der Waals surface area contributed by atoms with E-state index in [-0.39, 0.29) is 69.2 Å². The minimum absolute atomic E-state index is 0.0313. The van der Waals surface area contributed by atoms with Crippen molar-refractivity contribution in [3.63, 3.8) is 0 Å². The number of nitrogens with one attached hydrogen (secondary N) is 2. The van der Waals surface area contributed by atoms with Crippen LogP contribution in [0.25, 0.3) is 0 Å². The summed E-state index contributed by atoms with van der Waals surface area (Å²) in [7, 11) is 1.31. The lowest BCUT2D eigenvalue weighted by Gasteiger charge is -2.49. The Morgan fingerprint density at radius 3 is 2.47 bits per heavy atom. The van der Waals surface area contributed by atoms with Gasteiger partial charge >= 0.3 is 5.97 Å². The third-order valence-corrected chi connectivity index (χ3v) is 12.7. The fourth-order valence-corrected chi connectivity index (χ4v) is 8.51. The number of hydrogen-bond donors (Lipinski definition) is 3. The Bertz CT molecular complexity index is 797. The van der Waals surface area contributed by atoms with E-state index in [0.717, 1.165) is 23.7 Å². The molecule has 0 bridgehead atoms. The van der Waals surface area contributed by atoms with Crippen LogP contribution in [0.15, 0.2) is 11.3 Å². The van der Waals surface area contributed by atoms with Gasteiger partial charge in [-0.15, -0.1) is 0 Å². The third kappa shape index (κ3) is 6.06. The summed E-state index contributed by atoms with van der Waals surface area (Å²) in [6.45, 7) is 10.8. The highest BCUT2D eigenvalue weighted by Crippen LogP contribution is 2.49. The Morgan fingerprint density at radius 1 is 1.32 bits per heavy atom. The maximum absolute atomic E-state index is 13.4. The van der Waals surface area contributed by atoms with Gasteiger partial charge in [-0.25, -0.2) is 4.79 Å². The molecule has 34 heavy (non-hydrogen) atoms. The molecular weight excluding hydrogens is 494 g/mol. The summed E-state index contributed by atoms with van der Waals surface area (Å²) in [5, 5.41) is 0. The molecule has 5 atom stereocenters. The molecule has 0 radical (unpaired) electrons. The number of amides is 2. The van der Waals surface area contributed by atoms with Gasteiger partial charge in [-0.3, -0.25) is 19.2 Å². The number of rotatable bonds is 14. The zero-order valence-corrected chi connectivity index (χ0v) is 24.0. The van der Waals surface area contributed by atoms with E-state index in [1.54, 1.807) is 24.8 Å². The molecule has 0 aromatic rings. The first-order valence-electron chi connectivity index (χ1n) is 11.8. The molecule has 1 saturated heterocycles. The monoisotopic (exact) mass is 532 g/mol. The smallest absolute Gasteiger partial charge is 0.358 e. The molecule has 2 rings (SSSR count). The van der Waals surface area contributed by atoms with Crippen molar-refractivity contribution in [2.45, 2.75) is 64.9 Å².